The van der Waals surface area contributed by atoms with Gasteiger partial charge in [0.25, 0.3) is 0 Å². The molecule has 0 fully saturated rings. The van der Waals surface area contributed by atoms with E-state index in [0.717, 1.165) is 12.1 Å². The van der Waals surface area contributed by atoms with Crippen LogP contribution in [0.5, 0.6) is 0 Å². The molecule has 0 unspecified atom stereocenters. The van der Waals surface area contributed by atoms with Crippen LogP contribution in [0.4, 0.5) is 5.69 Å². The predicted molar refractivity (Wildman–Crippen MR) is 65.2 cm³/mol. The summed E-state index contributed by atoms with van der Waals surface area (Å²) in [6.07, 6.45) is 3.79. The lowest BCUT2D eigenvalue weighted by atomic mass is 10.1. The Labute approximate surface area is 95.1 Å². The summed E-state index contributed by atoms with van der Waals surface area (Å²) in [5.74, 6) is -0.378. The molecule has 0 radical (unpaired) electrons. The highest BCUT2D eigenvalue weighted by molar-refractivity contribution is 5.94. The number of likely N-dealkylation sites (N-methyl/N-ethyl adjacent to an activating group) is 1. The minimum atomic E-state index is -0.378. The highest BCUT2D eigenvalue weighted by Crippen LogP contribution is 2.16. The van der Waals surface area contributed by atoms with Gasteiger partial charge >= 0.3 is 5.97 Å². The van der Waals surface area contributed by atoms with Gasteiger partial charge in [-0.15, -0.1) is 0 Å². The Balaban J connectivity index is 3.02. The molecule has 0 aromatic heterocycles. The van der Waals surface area contributed by atoms with Crippen LogP contribution >= 0.6 is 0 Å². The number of rotatable bonds is 4. The highest BCUT2D eigenvalue weighted by atomic mass is 16.5. The van der Waals surface area contributed by atoms with E-state index in [2.05, 4.69) is 5.32 Å². The second kappa shape index (κ2) is 5.92. The Morgan fingerprint density at radius 1 is 1.56 bits per heavy atom. The fourth-order valence-corrected chi connectivity index (χ4v) is 1.31. The third kappa shape index (κ3) is 3.10. The molecule has 4 heteroatoms. The van der Waals surface area contributed by atoms with E-state index in [4.69, 9.17) is 10.5 Å². The first-order valence-corrected chi connectivity index (χ1v) is 4.98. The van der Waals surface area contributed by atoms with Crippen molar-refractivity contribution in [1.82, 2.24) is 5.32 Å². The van der Waals surface area contributed by atoms with Crippen LogP contribution < -0.4 is 11.1 Å². The second-order valence-corrected chi connectivity index (χ2v) is 3.30. The van der Waals surface area contributed by atoms with Crippen molar-refractivity contribution in [1.29, 1.82) is 0 Å². The molecule has 0 bridgehead atoms. The molecule has 0 aliphatic carbocycles. The molecule has 1 aromatic rings. The lowest BCUT2D eigenvalue weighted by Crippen LogP contribution is -2.06. The monoisotopic (exact) mass is 220 g/mol. The standard InChI is InChI=1S/C12H16N2O2/c1-14-7-3-4-9-5-6-10(13)8-11(9)12(15)16-2/h3-6,8,14H,7,13H2,1-2H3. The average molecular weight is 220 g/mol. The van der Waals surface area contributed by atoms with Gasteiger partial charge in [0.1, 0.15) is 0 Å². The third-order valence-corrected chi connectivity index (χ3v) is 2.10. The second-order valence-electron chi connectivity index (χ2n) is 3.30. The molecule has 1 aromatic carbocycles. The summed E-state index contributed by atoms with van der Waals surface area (Å²) in [6, 6.07) is 5.17. The van der Waals surface area contributed by atoms with Gasteiger partial charge in [0.2, 0.25) is 0 Å². The number of benzene rings is 1. The Kier molecular flexibility index (Phi) is 4.54. The molecule has 16 heavy (non-hydrogen) atoms. The first kappa shape index (κ1) is 12.3. The normalized spacial score (nSPS) is 10.6. The number of anilines is 1. The SMILES string of the molecule is CNCC=Cc1ccc(N)cc1C(=O)OC. The average Bonchev–Trinajstić information content (AvgIpc) is 2.30. The van der Waals surface area contributed by atoms with Crippen molar-refractivity contribution >= 4 is 17.7 Å². The van der Waals surface area contributed by atoms with Crippen LogP contribution in [0.3, 0.4) is 0 Å². The van der Waals surface area contributed by atoms with E-state index in [9.17, 15) is 4.79 Å². The summed E-state index contributed by atoms with van der Waals surface area (Å²) >= 11 is 0. The largest absolute Gasteiger partial charge is 0.465 e. The minimum absolute atomic E-state index is 0.378. The van der Waals surface area contributed by atoms with Crippen molar-refractivity contribution in [3.8, 4) is 0 Å². The Bertz CT molecular complexity index is 400. The maximum absolute atomic E-state index is 11.5. The van der Waals surface area contributed by atoms with E-state index in [-0.39, 0.29) is 5.97 Å². The molecule has 4 nitrogen and oxygen atoms in total. The van der Waals surface area contributed by atoms with Gasteiger partial charge in [0.05, 0.1) is 12.7 Å². The number of hydrogen-bond donors (Lipinski definition) is 2. The summed E-state index contributed by atoms with van der Waals surface area (Å²) in [7, 11) is 3.21. The number of esters is 1. The molecular weight excluding hydrogens is 204 g/mol. The molecule has 0 aliphatic rings. The number of nitrogens with one attached hydrogen (secondary N) is 1. The zero-order chi connectivity index (χ0) is 12.0. The van der Waals surface area contributed by atoms with Crippen molar-refractivity contribution < 1.29 is 9.53 Å². The van der Waals surface area contributed by atoms with E-state index in [1.807, 2.05) is 19.2 Å². The molecule has 1 rings (SSSR count). The maximum atomic E-state index is 11.5. The van der Waals surface area contributed by atoms with Crippen molar-refractivity contribution in [3.63, 3.8) is 0 Å². The van der Waals surface area contributed by atoms with E-state index in [1.165, 1.54) is 7.11 Å². The molecule has 3 N–H and O–H groups in total. The molecule has 0 spiro atoms. The van der Waals surface area contributed by atoms with Crippen LogP contribution in [-0.2, 0) is 4.74 Å². The smallest absolute Gasteiger partial charge is 0.338 e. The molecule has 0 atom stereocenters. The van der Waals surface area contributed by atoms with Crippen molar-refractivity contribution in [2.45, 2.75) is 0 Å². The van der Waals surface area contributed by atoms with E-state index >= 15 is 0 Å². The number of methoxy groups -OCH3 is 1. The number of nitrogen functional groups attached to an aromatic ring is 1. The van der Waals surface area contributed by atoms with Crippen molar-refractivity contribution in [2.24, 2.45) is 0 Å². The Morgan fingerprint density at radius 2 is 2.31 bits per heavy atom. The summed E-state index contributed by atoms with van der Waals surface area (Å²) in [6.45, 7) is 0.741. The first-order valence-electron chi connectivity index (χ1n) is 4.98. The van der Waals surface area contributed by atoms with Crippen LogP contribution in [0, 0.1) is 0 Å². The zero-order valence-electron chi connectivity index (χ0n) is 9.49. The van der Waals surface area contributed by atoms with Crippen LogP contribution in [-0.4, -0.2) is 26.7 Å². The van der Waals surface area contributed by atoms with Crippen LogP contribution in [0.1, 0.15) is 15.9 Å². The quantitative estimate of drug-likeness (QED) is 0.592. The molecule has 0 aliphatic heterocycles. The highest BCUT2D eigenvalue weighted by Gasteiger charge is 2.09. The zero-order valence-corrected chi connectivity index (χ0v) is 9.49. The fraction of sp³-hybridized carbons (Fsp3) is 0.250. The number of hydrogen-bond acceptors (Lipinski definition) is 4. The van der Waals surface area contributed by atoms with Crippen molar-refractivity contribution in [2.75, 3.05) is 26.4 Å². The lowest BCUT2D eigenvalue weighted by Gasteiger charge is -2.05. The van der Waals surface area contributed by atoms with Gasteiger partial charge < -0.3 is 15.8 Å². The van der Waals surface area contributed by atoms with Gasteiger partial charge in [-0.25, -0.2) is 4.79 Å². The van der Waals surface area contributed by atoms with Crippen LogP contribution in [0.25, 0.3) is 6.08 Å². The number of ether oxygens (including phenoxy) is 1. The summed E-state index contributed by atoms with van der Waals surface area (Å²) in [4.78, 5) is 11.5. The van der Waals surface area contributed by atoms with Gasteiger partial charge in [-0.3, -0.25) is 0 Å². The number of nitrogens with two attached hydrogens (primary N) is 1. The van der Waals surface area contributed by atoms with Crippen LogP contribution in [0.15, 0.2) is 24.3 Å². The predicted octanol–water partition coefficient (Wildman–Crippen LogP) is 1.29. The van der Waals surface area contributed by atoms with Gasteiger partial charge in [-0.05, 0) is 24.7 Å². The first-order chi connectivity index (χ1) is 7.69. The topological polar surface area (TPSA) is 64.3 Å². The molecule has 0 amide bonds. The molecular formula is C12H16N2O2. The molecule has 0 saturated heterocycles. The molecule has 86 valence electrons. The summed E-state index contributed by atoms with van der Waals surface area (Å²) in [5.41, 5.74) is 7.46. The maximum Gasteiger partial charge on any atom is 0.338 e. The molecule has 0 saturated carbocycles. The van der Waals surface area contributed by atoms with Crippen LogP contribution in [0.2, 0.25) is 0 Å². The van der Waals surface area contributed by atoms with Gasteiger partial charge in [-0.1, -0.05) is 18.2 Å². The third-order valence-electron chi connectivity index (χ3n) is 2.10. The fourth-order valence-electron chi connectivity index (χ4n) is 1.31. The van der Waals surface area contributed by atoms with Gasteiger partial charge in [0, 0.05) is 12.2 Å². The summed E-state index contributed by atoms with van der Waals surface area (Å²) in [5, 5.41) is 2.98. The van der Waals surface area contributed by atoms with E-state index in [0.29, 0.717) is 11.3 Å². The molecule has 0 heterocycles. The summed E-state index contributed by atoms with van der Waals surface area (Å²) < 4.78 is 4.69. The Hall–Kier alpha value is -1.81. The number of carbonyl (C=O) groups excluding carboxylic acids is 1. The van der Waals surface area contributed by atoms with Gasteiger partial charge in [0.15, 0.2) is 0 Å². The minimum Gasteiger partial charge on any atom is -0.465 e. The van der Waals surface area contributed by atoms with Crippen molar-refractivity contribution in [3.05, 3.63) is 35.4 Å². The van der Waals surface area contributed by atoms with E-state index in [1.54, 1.807) is 18.2 Å². The van der Waals surface area contributed by atoms with Gasteiger partial charge in [-0.2, -0.15) is 0 Å². The number of carbonyl (C=O) groups is 1. The Morgan fingerprint density at radius 3 is 2.94 bits per heavy atom. The lowest BCUT2D eigenvalue weighted by molar-refractivity contribution is 0.0600. The van der Waals surface area contributed by atoms with E-state index < -0.39 is 0 Å².